The minimum atomic E-state index is -0.591. The fourth-order valence-corrected chi connectivity index (χ4v) is 2.60. The molecule has 0 saturated heterocycles. The second-order valence-corrected chi connectivity index (χ2v) is 7.77. The summed E-state index contributed by atoms with van der Waals surface area (Å²) >= 11 is 5.90. The van der Waals surface area contributed by atoms with Crippen molar-refractivity contribution in [3.8, 4) is 0 Å². The van der Waals surface area contributed by atoms with Crippen LogP contribution in [0.25, 0.3) is 0 Å². The molecule has 0 saturated carbocycles. The van der Waals surface area contributed by atoms with Gasteiger partial charge in [0.25, 0.3) is 5.56 Å². The Morgan fingerprint density at radius 3 is 2.66 bits per heavy atom. The lowest BCUT2D eigenvalue weighted by Gasteiger charge is -2.27. The van der Waals surface area contributed by atoms with E-state index in [0.29, 0.717) is 25.5 Å². The van der Waals surface area contributed by atoms with E-state index < -0.39 is 11.7 Å². The van der Waals surface area contributed by atoms with Crippen molar-refractivity contribution in [3.05, 3.63) is 45.5 Å². The van der Waals surface area contributed by atoms with Crippen LogP contribution in [0.1, 0.15) is 26.3 Å². The first-order chi connectivity index (χ1) is 13.6. The number of pyridine rings is 1. The maximum Gasteiger partial charge on any atom is 0.410 e. The molecule has 158 valence electrons. The van der Waals surface area contributed by atoms with Crippen LogP contribution in [0.3, 0.4) is 0 Å². The summed E-state index contributed by atoms with van der Waals surface area (Å²) in [6.07, 6.45) is 1.20. The topological polar surface area (TPSA) is 98.6 Å². The SMILES string of the molecule is COCCN(Cc1ccc(Nc2cc(Cl)nn(C)c2=O)nc1)C(=O)OC(C)(C)C. The van der Waals surface area contributed by atoms with Gasteiger partial charge in [-0.1, -0.05) is 17.7 Å². The Hall–Kier alpha value is -2.65. The number of aryl methyl sites for hydroxylation is 1. The molecular formula is C19H26ClN5O4. The highest BCUT2D eigenvalue weighted by molar-refractivity contribution is 6.29. The van der Waals surface area contributed by atoms with Gasteiger partial charge in [0.05, 0.1) is 13.2 Å². The standard InChI is InChI=1S/C19H26ClN5O4/c1-19(2,3)29-18(27)25(8-9-28-5)12-13-6-7-16(21-11-13)22-14-10-15(20)23-24(4)17(14)26/h6-7,10-11H,8-9,12H2,1-5H3,(H,21,22). The van der Waals surface area contributed by atoms with Crippen molar-refractivity contribution < 1.29 is 14.3 Å². The normalized spacial score (nSPS) is 11.2. The molecule has 10 heteroatoms. The highest BCUT2D eigenvalue weighted by atomic mass is 35.5. The highest BCUT2D eigenvalue weighted by Gasteiger charge is 2.22. The summed E-state index contributed by atoms with van der Waals surface area (Å²) in [5, 5.41) is 6.96. The molecule has 0 atom stereocenters. The van der Waals surface area contributed by atoms with Crippen molar-refractivity contribution in [3.63, 3.8) is 0 Å². The summed E-state index contributed by atoms with van der Waals surface area (Å²) < 4.78 is 11.7. The fraction of sp³-hybridized carbons (Fsp3) is 0.474. The Kier molecular flexibility index (Phi) is 7.58. The third kappa shape index (κ3) is 7.03. The summed E-state index contributed by atoms with van der Waals surface area (Å²) in [7, 11) is 3.09. The van der Waals surface area contributed by atoms with Gasteiger partial charge in [-0.3, -0.25) is 4.79 Å². The van der Waals surface area contributed by atoms with Gasteiger partial charge in [-0.25, -0.2) is 14.5 Å². The Morgan fingerprint density at radius 1 is 1.34 bits per heavy atom. The van der Waals surface area contributed by atoms with Crippen LogP contribution < -0.4 is 10.9 Å². The van der Waals surface area contributed by atoms with Gasteiger partial charge >= 0.3 is 6.09 Å². The Labute approximate surface area is 174 Å². The third-order valence-corrected chi connectivity index (χ3v) is 3.90. The summed E-state index contributed by atoms with van der Waals surface area (Å²) in [5.74, 6) is 0.467. The quantitative estimate of drug-likeness (QED) is 0.730. The molecule has 0 aromatic carbocycles. The number of hydrogen-bond acceptors (Lipinski definition) is 7. The summed E-state index contributed by atoms with van der Waals surface area (Å²) in [4.78, 5) is 30.4. The molecule has 1 amide bonds. The lowest BCUT2D eigenvalue weighted by atomic mass is 10.2. The molecule has 1 N–H and O–H groups in total. The van der Waals surface area contributed by atoms with Crippen molar-refractivity contribution in [2.45, 2.75) is 32.9 Å². The van der Waals surface area contributed by atoms with Crippen molar-refractivity contribution in [1.82, 2.24) is 19.7 Å². The van der Waals surface area contributed by atoms with E-state index in [-0.39, 0.29) is 16.4 Å². The molecule has 29 heavy (non-hydrogen) atoms. The van der Waals surface area contributed by atoms with E-state index in [9.17, 15) is 9.59 Å². The van der Waals surface area contributed by atoms with E-state index in [0.717, 1.165) is 10.2 Å². The predicted molar refractivity (Wildman–Crippen MR) is 111 cm³/mol. The number of amides is 1. The number of aromatic nitrogens is 3. The van der Waals surface area contributed by atoms with E-state index in [1.165, 1.54) is 13.1 Å². The zero-order valence-electron chi connectivity index (χ0n) is 17.2. The number of carbonyl (C=O) groups is 1. The lowest BCUT2D eigenvalue weighted by molar-refractivity contribution is 0.0184. The van der Waals surface area contributed by atoms with Gasteiger partial charge in [-0.05, 0) is 32.4 Å². The van der Waals surface area contributed by atoms with E-state index in [4.69, 9.17) is 21.1 Å². The average Bonchev–Trinajstić information content (AvgIpc) is 2.62. The lowest BCUT2D eigenvalue weighted by Crippen LogP contribution is -2.38. The molecule has 0 aliphatic carbocycles. The molecule has 9 nitrogen and oxygen atoms in total. The average molecular weight is 424 g/mol. The Bertz CT molecular complexity index is 893. The Balaban J connectivity index is 2.11. The van der Waals surface area contributed by atoms with Crippen molar-refractivity contribution in [1.29, 1.82) is 0 Å². The number of carbonyl (C=O) groups excluding carboxylic acids is 1. The van der Waals surface area contributed by atoms with Gasteiger partial charge in [-0.2, -0.15) is 5.10 Å². The van der Waals surface area contributed by atoms with Crippen LogP contribution in [-0.4, -0.2) is 51.6 Å². The summed E-state index contributed by atoms with van der Waals surface area (Å²) in [5.41, 5.74) is 0.157. The third-order valence-electron chi connectivity index (χ3n) is 3.71. The van der Waals surface area contributed by atoms with Gasteiger partial charge in [0.2, 0.25) is 0 Å². The van der Waals surface area contributed by atoms with E-state index in [1.807, 2.05) is 26.8 Å². The second-order valence-electron chi connectivity index (χ2n) is 7.38. The van der Waals surface area contributed by atoms with Crippen molar-refractivity contribution in [2.24, 2.45) is 7.05 Å². The number of halogens is 1. The minimum absolute atomic E-state index is 0.192. The van der Waals surface area contributed by atoms with E-state index >= 15 is 0 Å². The molecule has 0 radical (unpaired) electrons. The molecule has 0 aliphatic heterocycles. The van der Waals surface area contributed by atoms with Gasteiger partial charge in [-0.15, -0.1) is 0 Å². The molecule has 0 fully saturated rings. The maximum absolute atomic E-state index is 12.4. The number of nitrogens with one attached hydrogen (secondary N) is 1. The van der Waals surface area contributed by atoms with E-state index in [1.54, 1.807) is 24.3 Å². The van der Waals surface area contributed by atoms with Crippen LogP contribution in [0, 0.1) is 0 Å². The van der Waals surface area contributed by atoms with Crippen LogP contribution in [-0.2, 0) is 23.1 Å². The van der Waals surface area contributed by atoms with Crippen molar-refractivity contribution >= 4 is 29.2 Å². The molecule has 2 aromatic heterocycles. The van der Waals surface area contributed by atoms with Crippen molar-refractivity contribution in [2.75, 3.05) is 25.6 Å². The largest absolute Gasteiger partial charge is 0.444 e. The van der Waals surface area contributed by atoms with Crippen LogP contribution in [0.4, 0.5) is 16.3 Å². The second kappa shape index (κ2) is 9.71. The number of rotatable bonds is 7. The molecule has 0 aliphatic rings. The number of methoxy groups -OCH3 is 1. The zero-order chi connectivity index (χ0) is 21.6. The summed E-state index contributed by atoms with van der Waals surface area (Å²) in [6.45, 7) is 6.54. The molecule has 2 heterocycles. The van der Waals surface area contributed by atoms with Gasteiger partial charge < -0.3 is 19.7 Å². The number of ether oxygens (including phenoxy) is 2. The molecule has 0 spiro atoms. The predicted octanol–water partition coefficient (Wildman–Crippen LogP) is 2.96. The molecular weight excluding hydrogens is 398 g/mol. The number of nitrogens with zero attached hydrogens (tertiary/aromatic N) is 4. The monoisotopic (exact) mass is 423 g/mol. The minimum Gasteiger partial charge on any atom is -0.444 e. The van der Waals surface area contributed by atoms with Gasteiger partial charge in [0, 0.05) is 33.0 Å². The maximum atomic E-state index is 12.4. The smallest absolute Gasteiger partial charge is 0.410 e. The van der Waals surface area contributed by atoms with Crippen LogP contribution >= 0.6 is 11.6 Å². The fourth-order valence-electron chi connectivity index (χ4n) is 2.38. The first-order valence-electron chi connectivity index (χ1n) is 9.01. The number of anilines is 2. The number of hydrogen-bond donors (Lipinski definition) is 1. The first kappa shape index (κ1) is 22.6. The summed E-state index contributed by atoms with van der Waals surface area (Å²) in [6, 6.07) is 4.97. The van der Waals surface area contributed by atoms with Gasteiger partial charge in [0.1, 0.15) is 17.1 Å². The molecule has 0 bridgehead atoms. The van der Waals surface area contributed by atoms with Gasteiger partial charge in [0.15, 0.2) is 5.15 Å². The Morgan fingerprint density at radius 2 is 2.07 bits per heavy atom. The van der Waals surface area contributed by atoms with E-state index in [2.05, 4.69) is 15.4 Å². The molecule has 2 rings (SSSR count). The highest BCUT2D eigenvalue weighted by Crippen LogP contribution is 2.16. The van der Waals surface area contributed by atoms with Crippen LogP contribution in [0.15, 0.2) is 29.2 Å². The van der Waals surface area contributed by atoms with Crippen LogP contribution in [0.2, 0.25) is 5.15 Å². The molecule has 0 unspecified atom stereocenters. The van der Waals surface area contributed by atoms with Crippen LogP contribution in [0.5, 0.6) is 0 Å². The molecule has 2 aromatic rings. The first-order valence-corrected chi connectivity index (χ1v) is 9.39. The zero-order valence-corrected chi connectivity index (χ0v) is 18.0.